The van der Waals surface area contributed by atoms with Crippen molar-refractivity contribution in [3.63, 3.8) is 0 Å². The first-order valence-corrected chi connectivity index (χ1v) is 4.93. The monoisotopic (exact) mass is 202 g/mol. The van der Waals surface area contributed by atoms with Crippen LogP contribution in [0.5, 0.6) is 0 Å². The van der Waals surface area contributed by atoms with E-state index in [1.807, 2.05) is 0 Å². The van der Waals surface area contributed by atoms with Crippen molar-refractivity contribution in [2.75, 3.05) is 26.4 Å². The molecule has 0 aliphatic carbocycles. The van der Waals surface area contributed by atoms with Crippen molar-refractivity contribution in [2.45, 2.75) is 25.4 Å². The molecule has 1 fully saturated rings. The van der Waals surface area contributed by atoms with Crippen LogP contribution < -0.4 is 10.6 Å². The Balaban J connectivity index is 2.18. The third-order valence-electron chi connectivity index (χ3n) is 2.11. The van der Waals surface area contributed by atoms with E-state index in [1.165, 1.54) is 0 Å². The lowest BCUT2D eigenvalue weighted by Crippen LogP contribution is -2.45. The maximum absolute atomic E-state index is 11.4. The van der Waals surface area contributed by atoms with Gasteiger partial charge in [0.1, 0.15) is 0 Å². The number of hydrogen-bond acceptors (Lipinski definition) is 4. The van der Waals surface area contributed by atoms with Crippen LogP contribution >= 0.6 is 0 Å². The van der Waals surface area contributed by atoms with Crippen molar-refractivity contribution >= 4 is 5.91 Å². The van der Waals surface area contributed by atoms with Crippen LogP contribution in [-0.2, 0) is 9.53 Å². The Hall–Kier alpha value is -0.650. The van der Waals surface area contributed by atoms with Crippen LogP contribution in [-0.4, -0.2) is 49.5 Å². The molecule has 0 aromatic heterocycles. The Kier molecular flexibility index (Phi) is 4.86. The number of carbonyl (C=O) groups is 1. The maximum atomic E-state index is 11.4. The summed E-state index contributed by atoms with van der Waals surface area (Å²) in [6.07, 6.45) is 0.407. The number of ether oxygens (including phenoxy) is 1. The first-order chi connectivity index (χ1) is 6.72. The Morgan fingerprint density at radius 2 is 2.57 bits per heavy atom. The molecule has 5 nitrogen and oxygen atoms in total. The van der Waals surface area contributed by atoms with E-state index in [9.17, 15) is 4.79 Å². The summed E-state index contributed by atoms with van der Waals surface area (Å²) in [5.41, 5.74) is 0. The highest BCUT2D eigenvalue weighted by Gasteiger charge is 2.17. The van der Waals surface area contributed by atoms with Gasteiger partial charge in [0.25, 0.3) is 0 Å². The molecule has 1 unspecified atom stereocenters. The van der Waals surface area contributed by atoms with Gasteiger partial charge in [-0.2, -0.15) is 0 Å². The molecule has 14 heavy (non-hydrogen) atoms. The fourth-order valence-electron chi connectivity index (χ4n) is 1.35. The molecule has 2 atom stereocenters. The van der Waals surface area contributed by atoms with Gasteiger partial charge in [-0.05, 0) is 6.92 Å². The second kappa shape index (κ2) is 5.95. The SMILES string of the molecule is C[C@H](CO)NC(=O)CC1COCCN1. The summed E-state index contributed by atoms with van der Waals surface area (Å²) in [5.74, 6) is -0.0467. The highest BCUT2D eigenvalue weighted by molar-refractivity contribution is 5.76. The lowest BCUT2D eigenvalue weighted by molar-refractivity contribution is -0.123. The topological polar surface area (TPSA) is 70.6 Å². The summed E-state index contributed by atoms with van der Waals surface area (Å²) in [7, 11) is 0. The summed E-state index contributed by atoms with van der Waals surface area (Å²) in [6, 6.07) is -0.0679. The molecule has 0 bridgehead atoms. The average molecular weight is 202 g/mol. The van der Waals surface area contributed by atoms with E-state index in [-0.39, 0.29) is 24.6 Å². The molecule has 0 spiro atoms. The average Bonchev–Trinajstić information content (AvgIpc) is 2.19. The number of morpholine rings is 1. The smallest absolute Gasteiger partial charge is 0.221 e. The van der Waals surface area contributed by atoms with E-state index in [1.54, 1.807) is 6.92 Å². The zero-order chi connectivity index (χ0) is 10.4. The normalized spacial score (nSPS) is 24.3. The maximum Gasteiger partial charge on any atom is 0.221 e. The van der Waals surface area contributed by atoms with Gasteiger partial charge < -0.3 is 20.5 Å². The molecule has 1 rings (SSSR count). The Labute approximate surface area is 83.8 Å². The minimum atomic E-state index is -0.174. The van der Waals surface area contributed by atoms with Crippen LogP contribution in [0.2, 0.25) is 0 Å². The van der Waals surface area contributed by atoms with Crippen molar-refractivity contribution in [2.24, 2.45) is 0 Å². The van der Waals surface area contributed by atoms with Gasteiger partial charge in [0.15, 0.2) is 0 Å². The fourth-order valence-corrected chi connectivity index (χ4v) is 1.35. The highest BCUT2D eigenvalue weighted by Crippen LogP contribution is 1.98. The lowest BCUT2D eigenvalue weighted by Gasteiger charge is -2.23. The van der Waals surface area contributed by atoms with Gasteiger partial charge in [-0.1, -0.05) is 0 Å². The molecule has 1 saturated heterocycles. The minimum absolute atomic E-state index is 0.0274. The molecule has 1 amide bonds. The predicted molar refractivity (Wildman–Crippen MR) is 51.9 cm³/mol. The standard InChI is InChI=1S/C9H18N2O3/c1-7(5-12)11-9(13)4-8-6-14-3-2-10-8/h7-8,10,12H,2-6H2,1H3,(H,11,13)/t7-,8?/m1/s1. The zero-order valence-corrected chi connectivity index (χ0v) is 8.45. The van der Waals surface area contributed by atoms with E-state index in [0.29, 0.717) is 19.6 Å². The molecule has 0 aromatic rings. The Morgan fingerprint density at radius 1 is 1.79 bits per heavy atom. The third-order valence-corrected chi connectivity index (χ3v) is 2.11. The van der Waals surface area contributed by atoms with E-state index in [4.69, 9.17) is 9.84 Å². The number of aliphatic hydroxyl groups excluding tert-OH is 1. The first-order valence-electron chi connectivity index (χ1n) is 4.93. The van der Waals surface area contributed by atoms with Crippen LogP contribution in [0.25, 0.3) is 0 Å². The third kappa shape index (κ3) is 4.04. The zero-order valence-electron chi connectivity index (χ0n) is 8.45. The van der Waals surface area contributed by atoms with Gasteiger partial charge in [-0.3, -0.25) is 4.79 Å². The summed E-state index contributed by atoms with van der Waals surface area (Å²) in [5, 5.41) is 14.6. The molecule has 3 N–H and O–H groups in total. The molecule has 0 radical (unpaired) electrons. The van der Waals surface area contributed by atoms with Gasteiger partial charge in [0.2, 0.25) is 5.91 Å². The second-order valence-electron chi connectivity index (χ2n) is 3.58. The van der Waals surface area contributed by atoms with E-state index in [0.717, 1.165) is 6.54 Å². The van der Waals surface area contributed by atoms with Crippen molar-refractivity contribution < 1.29 is 14.6 Å². The van der Waals surface area contributed by atoms with Crippen molar-refractivity contribution in [1.82, 2.24) is 10.6 Å². The Bertz CT molecular complexity index is 181. The van der Waals surface area contributed by atoms with Crippen LogP contribution in [0.4, 0.5) is 0 Å². The Morgan fingerprint density at radius 3 is 3.14 bits per heavy atom. The van der Waals surface area contributed by atoms with Crippen molar-refractivity contribution in [3.8, 4) is 0 Å². The number of nitrogens with one attached hydrogen (secondary N) is 2. The molecule has 1 aliphatic rings. The number of rotatable bonds is 4. The molecule has 1 heterocycles. The van der Waals surface area contributed by atoms with Crippen molar-refractivity contribution in [1.29, 1.82) is 0 Å². The summed E-state index contributed by atoms with van der Waals surface area (Å²) in [6.45, 7) is 3.84. The lowest BCUT2D eigenvalue weighted by atomic mass is 10.2. The molecule has 0 aromatic carbocycles. The van der Waals surface area contributed by atoms with Crippen LogP contribution in [0.3, 0.4) is 0 Å². The van der Waals surface area contributed by atoms with Crippen LogP contribution in [0.1, 0.15) is 13.3 Å². The quantitative estimate of drug-likeness (QED) is 0.539. The molecule has 5 heteroatoms. The van der Waals surface area contributed by atoms with Gasteiger partial charge in [0, 0.05) is 25.0 Å². The molecule has 0 saturated carbocycles. The summed E-state index contributed by atoms with van der Waals surface area (Å²) < 4.78 is 5.22. The van der Waals surface area contributed by atoms with Crippen LogP contribution in [0.15, 0.2) is 0 Å². The fraction of sp³-hybridized carbons (Fsp3) is 0.889. The van der Waals surface area contributed by atoms with Gasteiger partial charge in [0.05, 0.1) is 19.8 Å². The number of amides is 1. The van der Waals surface area contributed by atoms with E-state index < -0.39 is 0 Å². The molecular weight excluding hydrogens is 184 g/mol. The second-order valence-corrected chi connectivity index (χ2v) is 3.58. The first kappa shape index (κ1) is 11.4. The predicted octanol–water partition coefficient (Wildman–Crippen LogP) is -1.14. The largest absolute Gasteiger partial charge is 0.394 e. The molecule has 1 aliphatic heterocycles. The minimum Gasteiger partial charge on any atom is -0.394 e. The van der Waals surface area contributed by atoms with E-state index >= 15 is 0 Å². The summed E-state index contributed by atoms with van der Waals surface area (Å²) >= 11 is 0. The number of hydrogen-bond donors (Lipinski definition) is 3. The highest BCUT2D eigenvalue weighted by atomic mass is 16.5. The molecule has 82 valence electrons. The van der Waals surface area contributed by atoms with Gasteiger partial charge in [-0.15, -0.1) is 0 Å². The van der Waals surface area contributed by atoms with Gasteiger partial charge in [-0.25, -0.2) is 0 Å². The number of carbonyl (C=O) groups excluding carboxylic acids is 1. The molecular formula is C9H18N2O3. The van der Waals surface area contributed by atoms with Crippen LogP contribution in [0, 0.1) is 0 Å². The van der Waals surface area contributed by atoms with Gasteiger partial charge >= 0.3 is 0 Å². The van der Waals surface area contributed by atoms with Crippen molar-refractivity contribution in [3.05, 3.63) is 0 Å². The number of aliphatic hydroxyl groups is 1. The summed E-state index contributed by atoms with van der Waals surface area (Å²) in [4.78, 5) is 11.4. The van der Waals surface area contributed by atoms with E-state index in [2.05, 4.69) is 10.6 Å².